The predicted molar refractivity (Wildman–Crippen MR) is 81.1 cm³/mol. The highest BCUT2D eigenvalue weighted by Gasteiger charge is 2.05. The van der Waals surface area contributed by atoms with E-state index in [1.165, 1.54) is 0 Å². The molecule has 19 heavy (non-hydrogen) atoms. The number of aryl methyl sites for hydroxylation is 1. The van der Waals surface area contributed by atoms with E-state index in [1.54, 1.807) is 0 Å². The van der Waals surface area contributed by atoms with Gasteiger partial charge in [-0.25, -0.2) is 4.98 Å². The van der Waals surface area contributed by atoms with Crippen molar-refractivity contribution in [2.75, 3.05) is 12.5 Å². The number of alkyl halides is 1. The molecule has 2 nitrogen and oxygen atoms in total. The zero-order valence-corrected chi connectivity index (χ0v) is 12.3. The van der Waals surface area contributed by atoms with Crippen molar-refractivity contribution in [3.05, 3.63) is 36.0 Å². The van der Waals surface area contributed by atoms with Crippen molar-refractivity contribution in [1.29, 1.82) is 0 Å². The Kier molecular flexibility index (Phi) is 5.03. The van der Waals surface area contributed by atoms with E-state index in [4.69, 9.17) is 16.3 Å². The van der Waals surface area contributed by atoms with Gasteiger partial charge in [0.1, 0.15) is 11.3 Å². The van der Waals surface area contributed by atoms with Crippen molar-refractivity contribution in [3.63, 3.8) is 0 Å². The summed E-state index contributed by atoms with van der Waals surface area (Å²) in [7, 11) is 0. The van der Waals surface area contributed by atoms with Crippen LogP contribution in [-0.4, -0.2) is 17.5 Å². The molecule has 0 bridgehead atoms. The number of hydrogen-bond acceptors (Lipinski definition) is 2. The fourth-order valence-electron chi connectivity index (χ4n) is 2.03. The summed E-state index contributed by atoms with van der Waals surface area (Å²) in [4.78, 5) is 4.56. The first-order valence-electron chi connectivity index (χ1n) is 6.76. The van der Waals surface area contributed by atoms with Crippen molar-refractivity contribution in [3.8, 4) is 5.75 Å². The van der Waals surface area contributed by atoms with Crippen LogP contribution in [0.15, 0.2) is 30.3 Å². The lowest BCUT2D eigenvalue weighted by Crippen LogP contribution is -2.05. The minimum atomic E-state index is 0.599. The van der Waals surface area contributed by atoms with Gasteiger partial charge in [-0.1, -0.05) is 25.1 Å². The molecule has 0 aliphatic carbocycles. The fourth-order valence-corrected chi connectivity index (χ4v) is 2.41. The number of benzene rings is 1. The normalized spacial score (nSPS) is 12.6. The Labute approximate surface area is 119 Å². The van der Waals surface area contributed by atoms with E-state index in [2.05, 4.69) is 24.0 Å². The lowest BCUT2D eigenvalue weighted by atomic mass is 10.1. The van der Waals surface area contributed by atoms with Gasteiger partial charge in [0.15, 0.2) is 0 Å². The average Bonchev–Trinajstić information content (AvgIpc) is 2.39. The number of hydrogen-bond donors (Lipinski definition) is 0. The molecule has 1 aromatic carbocycles. The van der Waals surface area contributed by atoms with Gasteiger partial charge in [0.2, 0.25) is 0 Å². The standard InChI is InChI=1S/C16H20ClNO/c1-12(8-10-17)9-11-19-15-5-3-4-14-7-6-13(2)18-16(14)15/h3-7,12H,8-11H2,1-2H3. The number of pyridine rings is 1. The van der Waals surface area contributed by atoms with Gasteiger partial charge in [-0.2, -0.15) is 0 Å². The van der Waals surface area contributed by atoms with Crippen LogP contribution < -0.4 is 4.74 Å². The Morgan fingerprint density at radius 2 is 2.05 bits per heavy atom. The van der Waals surface area contributed by atoms with Gasteiger partial charge in [0, 0.05) is 17.0 Å². The number of para-hydroxylation sites is 1. The number of rotatable bonds is 6. The quantitative estimate of drug-likeness (QED) is 0.721. The topological polar surface area (TPSA) is 22.1 Å². The first-order valence-corrected chi connectivity index (χ1v) is 7.29. The molecule has 0 fully saturated rings. The van der Waals surface area contributed by atoms with Gasteiger partial charge in [-0.15, -0.1) is 11.6 Å². The zero-order chi connectivity index (χ0) is 13.7. The van der Waals surface area contributed by atoms with Crippen LogP contribution in [0, 0.1) is 12.8 Å². The Morgan fingerprint density at radius 3 is 2.84 bits per heavy atom. The third-order valence-corrected chi connectivity index (χ3v) is 3.51. The molecule has 0 saturated carbocycles. The van der Waals surface area contributed by atoms with Crippen LogP contribution in [0.4, 0.5) is 0 Å². The molecule has 0 saturated heterocycles. The summed E-state index contributed by atoms with van der Waals surface area (Å²) in [6.07, 6.45) is 2.06. The zero-order valence-electron chi connectivity index (χ0n) is 11.5. The van der Waals surface area contributed by atoms with Gasteiger partial charge >= 0.3 is 0 Å². The highest BCUT2D eigenvalue weighted by molar-refractivity contribution is 6.17. The molecule has 0 spiro atoms. The summed E-state index contributed by atoms with van der Waals surface area (Å²) in [5.74, 6) is 2.19. The van der Waals surface area contributed by atoms with E-state index >= 15 is 0 Å². The Bertz CT molecular complexity index is 541. The second-order valence-electron chi connectivity index (χ2n) is 5.00. The Balaban J connectivity index is 2.06. The maximum Gasteiger partial charge on any atom is 0.145 e. The predicted octanol–water partition coefficient (Wildman–Crippen LogP) is 4.58. The van der Waals surface area contributed by atoms with E-state index in [0.29, 0.717) is 12.5 Å². The van der Waals surface area contributed by atoms with Gasteiger partial charge in [0.25, 0.3) is 0 Å². The van der Waals surface area contributed by atoms with Gasteiger partial charge in [-0.3, -0.25) is 0 Å². The van der Waals surface area contributed by atoms with E-state index in [-0.39, 0.29) is 0 Å². The van der Waals surface area contributed by atoms with Gasteiger partial charge in [0.05, 0.1) is 6.61 Å². The lowest BCUT2D eigenvalue weighted by molar-refractivity contribution is 0.284. The van der Waals surface area contributed by atoms with Crippen LogP contribution in [0.1, 0.15) is 25.5 Å². The molecule has 1 atom stereocenters. The summed E-state index contributed by atoms with van der Waals surface area (Å²) in [5, 5.41) is 1.12. The van der Waals surface area contributed by atoms with Crippen LogP contribution in [-0.2, 0) is 0 Å². The molecule has 1 aromatic heterocycles. The van der Waals surface area contributed by atoms with Crippen LogP contribution in [0.25, 0.3) is 10.9 Å². The summed E-state index contributed by atoms with van der Waals surface area (Å²) < 4.78 is 5.89. The van der Waals surface area contributed by atoms with Crippen LogP contribution in [0.3, 0.4) is 0 Å². The molecule has 1 heterocycles. The molecule has 3 heteroatoms. The Morgan fingerprint density at radius 1 is 1.21 bits per heavy atom. The van der Waals surface area contributed by atoms with Crippen molar-refractivity contribution < 1.29 is 4.74 Å². The molecular weight excluding hydrogens is 258 g/mol. The third-order valence-electron chi connectivity index (χ3n) is 3.29. The largest absolute Gasteiger partial charge is 0.491 e. The van der Waals surface area contributed by atoms with Gasteiger partial charge < -0.3 is 4.74 Å². The first kappa shape index (κ1) is 14.1. The number of ether oxygens (including phenoxy) is 1. The number of nitrogens with zero attached hydrogens (tertiary/aromatic N) is 1. The average molecular weight is 278 g/mol. The molecule has 0 aliphatic heterocycles. The monoisotopic (exact) mass is 277 g/mol. The highest BCUT2D eigenvalue weighted by atomic mass is 35.5. The summed E-state index contributed by atoms with van der Waals surface area (Å²) in [6.45, 7) is 4.92. The Hall–Kier alpha value is -1.28. The maximum absolute atomic E-state index is 5.89. The van der Waals surface area contributed by atoms with Crippen molar-refractivity contribution in [1.82, 2.24) is 4.98 Å². The molecule has 0 amide bonds. The molecule has 0 N–H and O–H groups in total. The number of aromatic nitrogens is 1. The smallest absolute Gasteiger partial charge is 0.145 e. The molecule has 1 unspecified atom stereocenters. The third kappa shape index (κ3) is 3.84. The summed E-state index contributed by atoms with van der Waals surface area (Å²) >= 11 is 5.74. The molecule has 2 rings (SSSR count). The molecule has 0 radical (unpaired) electrons. The fraction of sp³-hybridized carbons (Fsp3) is 0.438. The summed E-state index contributed by atoms with van der Waals surface area (Å²) in [6, 6.07) is 10.2. The molecule has 2 aromatic rings. The van der Waals surface area contributed by atoms with E-state index in [1.807, 2.05) is 25.1 Å². The molecular formula is C16H20ClNO. The van der Waals surface area contributed by atoms with Crippen LogP contribution in [0.5, 0.6) is 5.75 Å². The van der Waals surface area contributed by atoms with Crippen molar-refractivity contribution in [2.45, 2.75) is 26.7 Å². The number of halogens is 1. The van der Waals surface area contributed by atoms with E-state index < -0.39 is 0 Å². The number of fused-ring (bicyclic) bond motifs is 1. The molecule has 0 aliphatic rings. The second-order valence-corrected chi connectivity index (χ2v) is 5.38. The minimum Gasteiger partial charge on any atom is -0.491 e. The van der Waals surface area contributed by atoms with Gasteiger partial charge in [-0.05, 0) is 37.8 Å². The summed E-state index contributed by atoms with van der Waals surface area (Å²) in [5.41, 5.74) is 1.96. The van der Waals surface area contributed by atoms with E-state index in [9.17, 15) is 0 Å². The molecule has 102 valence electrons. The lowest BCUT2D eigenvalue weighted by Gasteiger charge is -2.12. The van der Waals surface area contributed by atoms with Crippen LogP contribution >= 0.6 is 11.6 Å². The van der Waals surface area contributed by atoms with Crippen molar-refractivity contribution >= 4 is 22.5 Å². The van der Waals surface area contributed by atoms with Crippen molar-refractivity contribution in [2.24, 2.45) is 5.92 Å². The maximum atomic E-state index is 5.89. The minimum absolute atomic E-state index is 0.599. The highest BCUT2D eigenvalue weighted by Crippen LogP contribution is 2.24. The second kappa shape index (κ2) is 6.76. The van der Waals surface area contributed by atoms with E-state index in [0.717, 1.165) is 41.1 Å². The first-order chi connectivity index (χ1) is 9.20. The SMILES string of the molecule is Cc1ccc2cccc(OCCC(C)CCCl)c2n1. The van der Waals surface area contributed by atoms with Crippen LogP contribution in [0.2, 0.25) is 0 Å².